The molecule has 0 spiro atoms. The number of hydrogen-bond acceptors (Lipinski definition) is 3. The van der Waals surface area contributed by atoms with Crippen LogP contribution in [0.5, 0.6) is 5.75 Å². The quantitative estimate of drug-likeness (QED) is 0.771. The van der Waals surface area contributed by atoms with E-state index in [-0.39, 0.29) is 5.91 Å². The van der Waals surface area contributed by atoms with Crippen LogP contribution in [0.25, 0.3) is 0 Å². The van der Waals surface area contributed by atoms with Crippen molar-refractivity contribution in [1.82, 2.24) is 0 Å². The summed E-state index contributed by atoms with van der Waals surface area (Å²) in [5.41, 5.74) is 8.34. The largest absolute Gasteiger partial charge is 0.477 e. The van der Waals surface area contributed by atoms with Gasteiger partial charge in [-0.25, -0.2) is 0 Å². The predicted molar refractivity (Wildman–Crippen MR) is 68.1 cm³/mol. The normalized spacial score (nSPS) is 18.6. The second-order valence-corrected chi connectivity index (χ2v) is 4.91. The third kappa shape index (κ3) is 2.35. The molecule has 1 aromatic carbocycles. The summed E-state index contributed by atoms with van der Waals surface area (Å²) in [6.07, 6.45) is 0.448. The van der Waals surface area contributed by atoms with Crippen LogP contribution in [0, 0.1) is 5.92 Å². The fraction of sp³-hybridized carbons (Fsp3) is 0.462. The smallest absolute Gasteiger partial charge is 0.265 e. The predicted octanol–water partition coefficient (Wildman–Crippen LogP) is 2.19. The number of carbonyl (C=O) groups is 1. The molecule has 17 heavy (non-hydrogen) atoms. The van der Waals surface area contributed by atoms with Crippen molar-refractivity contribution in [2.75, 3.05) is 11.1 Å². The minimum atomic E-state index is -0.485. The van der Waals surface area contributed by atoms with E-state index in [0.29, 0.717) is 23.0 Å². The Labute approximate surface area is 101 Å². The van der Waals surface area contributed by atoms with E-state index in [2.05, 4.69) is 19.2 Å². The van der Waals surface area contributed by atoms with Gasteiger partial charge in [-0.3, -0.25) is 4.79 Å². The Morgan fingerprint density at radius 1 is 1.47 bits per heavy atom. The van der Waals surface area contributed by atoms with Crippen molar-refractivity contribution in [3.05, 3.63) is 17.7 Å². The molecule has 1 heterocycles. The number of benzene rings is 1. The van der Waals surface area contributed by atoms with Crippen LogP contribution in [0.3, 0.4) is 0 Å². The number of ether oxygens (including phenoxy) is 1. The fourth-order valence-electron chi connectivity index (χ4n) is 1.99. The molecule has 1 aliphatic heterocycles. The van der Waals surface area contributed by atoms with Gasteiger partial charge in [-0.05, 0) is 37.0 Å². The van der Waals surface area contributed by atoms with E-state index in [9.17, 15) is 4.79 Å². The second-order valence-electron chi connectivity index (χ2n) is 4.91. The maximum atomic E-state index is 11.5. The van der Waals surface area contributed by atoms with Gasteiger partial charge in [-0.2, -0.15) is 0 Å². The Bertz CT molecular complexity index is 455. The number of carbonyl (C=O) groups excluding carboxylic acids is 1. The van der Waals surface area contributed by atoms with Crippen molar-refractivity contribution in [1.29, 1.82) is 0 Å². The molecule has 4 nitrogen and oxygen atoms in total. The lowest BCUT2D eigenvalue weighted by Gasteiger charge is -2.25. The molecule has 92 valence electrons. The van der Waals surface area contributed by atoms with Gasteiger partial charge in [0, 0.05) is 0 Å². The summed E-state index contributed by atoms with van der Waals surface area (Å²) >= 11 is 0. The molecule has 0 radical (unpaired) electrons. The number of rotatable bonds is 2. The van der Waals surface area contributed by atoms with E-state index in [1.54, 1.807) is 6.92 Å². The Morgan fingerprint density at radius 2 is 2.18 bits per heavy atom. The van der Waals surface area contributed by atoms with E-state index >= 15 is 0 Å². The van der Waals surface area contributed by atoms with Gasteiger partial charge in [0.25, 0.3) is 5.91 Å². The third-order valence-corrected chi connectivity index (χ3v) is 2.74. The fourth-order valence-corrected chi connectivity index (χ4v) is 1.99. The molecule has 1 atom stereocenters. The summed E-state index contributed by atoms with van der Waals surface area (Å²) in [5, 5.41) is 2.82. The third-order valence-electron chi connectivity index (χ3n) is 2.74. The van der Waals surface area contributed by atoms with Gasteiger partial charge in [0.15, 0.2) is 11.9 Å². The molecule has 0 aliphatic carbocycles. The number of hydrogen-bond donors (Lipinski definition) is 2. The minimum absolute atomic E-state index is 0.126. The zero-order valence-electron chi connectivity index (χ0n) is 10.4. The standard InChI is InChI=1S/C13H18N2O2/c1-7(2)4-9-5-10(14)12-11(6-9)15-13(16)8(3)17-12/h5-8H,4,14H2,1-3H3,(H,15,16). The molecule has 4 heteroatoms. The maximum absolute atomic E-state index is 11.5. The van der Waals surface area contributed by atoms with E-state index in [4.69, 9.17) is 10.5 Å². The summed E-state index contributed by atoms with van der Waals surface area (Å²) in [7, 11) is 0. The zero-order chi connectivity index (χ0) is 12.6. The lowest BCUT2D eigenvalue weighted by Crippen LogP contribution is -2.34. The average Bonchev–Trinajstić information content (AvgIpc) is 2.20. The van der Waals surface area contributed by atoms with Crippen molar-refractivity contribution in [2.45, 2.75) is 33.3 Å². The molecule has 3 N–H and O–H groups in total. The molecule has 0 fully saturated rings. The highest BCUT2D eigenvalue weighted by Gasteiger charge is 2.25. The van der Waals surface area contributed by atoms with E-state index in [1.807, 2.05) is 12.1 Å². The Kier molecular flexibility index (Phi) is 2.96. The molecule has 0 saturated heterocycles. The van der Waals surface area contributed by atoms with Crippen molar-refractivity contribution < 1.29 is 9.53 Å². The monoisotopic (exact) mass is 234 g/mol. The van der Waals surface area contributed by atoms with Crippen LogP contribution in [-0.2, 0) is 11.2 Å². The van der Waals surface area contributed by atoms with Gasteiger partial charge in [0.2, 0.25) is 0 Å². The first kappa shape index (κ1) is 11.8. The van der Waals surface area contributed by atoms with Crippen molar-refractivity contribution in [2.24, 2.45) is 5.92 Å². The van der Waals surface area contributed by atoms with Crippen LogP contribution in [0.15, 0.2) is 12.1 Å². The summed E-state index contributed by atoms with van der Waals surface area (Å²) in [6, 6.07) is 3.86. The molecule has 1 amide bonds. The molecule has 1 aliphatic rings. The van der Waals surface area contributed by atoms with Crippen molar-refractivity contribution in [3.63, 3.8) is 0 Å². The molecular weight excluding hydrogens is 216 g/mol. The van der Waals surface area contributed by atoms with Gasteiger partial charge in [0.1, 0.15) is 0 Å². The Hall–Kier alpha value is -1.71. The van der Waals surface area contributed by atoms with Gasteiger partial charge >= 0.3 is 0 Å². The number of amides is 1. The van der Waals surface area contributed by atoms with Crippen LogP contribution in [-0.4, -0.2) is 12.0 Å². The first-order chi connectivity index (χ1) is 7.97. The molecule has 2 rings (SSSR count). The molecule has 1 unspecified atom stereocenters. The van der Waals surface area contributed by atoms with E-state index in [0.717, 1.165) is 12.0 Å². The van der Waals surface area contributed by atoms with Crippen LogP contribution in [0.1, 0.15) is 26.3 Å². The lowest BCUT2D eigenvalue weighted by molar-refractivity contribution is -0.122. The maximum Gasteiger partial charge on any atom is 0.265 e. The molecule has 0 saturated carbocycles. The lowest BCUT2D eigenvalue weighted by atomic mass is 10.0. The number of nitrogens with one attached hydrogen (secondary N) is 1. The SMILES string of the molecule is CC(C)Cc1cc(N)c2c(c1)NC(=O)C(C)O2. The first-order valence-electron chi connectivity index (χ1n) is 5.87. The number of nitrogen functional groups attached to an aromatic ring is 1. The summed E-state index contributed by atoms with van der Waals surface area (Å²) < 4.78 is 5.50. The summed E-state index contributed by atoms with van der Waals surface area (Å²) in [6.45, 7) is 6.00. The summed E-state index contributed by atoms with van der Waals surface area (Å²) in [5.74, 6) is 1.01. The van der Waals surface area contributed by atoms with E-state index < -0.39 is 6.10 Å². The molecule has 1 aromatic rings. The van der Waals surface area contributed by atoms with Gasteiger partial charge in [-0.15, -0.1) is 0 Å². The topological polar surface area (TPSA) is 64.3 Å². The number of anilines is 2. The first-order valence-corrected chi connectivity index (χ1v) is 5.87. The van der Waals surface area contributed by atoms with E-state index in [1.165, 1.54) is 0 Å². The number of fused-ring (bicyclic) bond motifs is 1. The van der Waals surface area contributed by atoms with Crippen molar-refractivity contribution in [3.8, 4) is 5.75 Å². The Balaban J connectivity index is 2.37. The highest BCUT2D eigenvalue weighted by molar-refractivity contribution is 5.99. The molecule has 0 bridgehead atoms. The minimum Gasteiger partial charge on any atom is -0.477 e. The number of nitrogens with two attached hydrogens (primary N) is 1. The second kappa shape index (κ2) is 4.28. The average molecular weight is 234 g/mol. The van der Waals surface area contributed by atoms with Gasteiger partial charge in [0.05, 0.1) is 11.4 Å². The van der Waals surface area contributed by atoms with Gasteiger partial charge in [-0.1, -0.05) is 13.8 Å². The Morgan fingerprint density at radius 3 is 2.82 bits per heavy atom. The van der Waals surface area contributed by atoms with Crippen LogP contribution < -0.4 is 15.8 Å². The molecular formula is C13H18N2O2. The van der Waals surface area contributed by atoms with Crippen LogP contribution in [0.4, 0.5) is 11.4 Å². The van der Waals surface area contributed by atoms with Crippen molar-refractivity contribution >= 4 is 17.3 Å². The highest BCUT2D eigenvalue weighted by atomic mass is 16.5. The zero-order valence-corrected chi connectivity index (χ0v) is 10.4. The highest BCUT2D eigenvalue weighted by Crippen LogP contribution is 2.37. The van der Waals surface area contributed by atoms with Crippen LogP contribution >= 0.6 is 0 Å². The van der Waals surface area contributed by atoms with Gasteiger partial charge < -0.3 is 15.8 Å². The summed E-state index contributed by atoms with van der Waals surface area (Å²) in [4.78, 5) is 11.5. The van der Waals surface area contributed by atoms with Crippen LogP contribution in [0.2, 0.25) is 0 Å². The molecule has 0 aromatic heterocycles.